The zero-order valence-electron chi connectivity index (χ0n) is 13.3. The summed E-state index contributed by atoms with van der Waals surface area (Å²) < 4.78 is 5.72. The summed E-state index contributed by atoms with van der Waals surface area (Å²) in [4.78, 5) is 0. The minimum Gasteiger partial charge on any atom is -0.390 e. The van der Waals surface area contributed by atoms with E-state index in [4.69, 9.17) is 4.74 Å². The topological polar surface area (TPSA) is 29.5 Å². The molecule has 0 saturated heterocycles. The monoisotopic (exact) mass is 258 g/mol. The average Bonchev–Trinajstić information content (AvgIpc) is 2.36. The first-order valence-electron chi connectivity index (χ1n) is 7.78. The molecule has 18 heavy (non-hydrogen) atoms. The van der Waals surface area contributed by atoms with Gasteiger partial charge in [-0.05, 0) is 50.9 Å². The molecule has 0 radical (unpaired) electrons. The zero-order chi connectivity index (χ0) is 14.2. The third-order valence-corrected chi connectivity index (χ3v) is 4.38. The second-order valence-electron chi connectivity index (χ2n) is 5.72. The first-order chi connectivity index (χ1) is 8.45. The fourth-order valence-electron chi connectivity index (χ4n) is 3.00. The van der Waals surface area contributed by atoms with E-state index >= 15 is 0 Å². The summed E-state index contributed by atoms with van der Waals surface area (Å²) in [5, 5.41) is 10.7. The second-order valence-corrected chi connectivity index (χ2v) is 5.72. The third kappa shape index (κ3) is 5.27. The molecule has 0 aromatic carbocycles. The Morgan fingerprint density at radius 1 is 1.00 bits per heavy atom. The molecule has 0 rings (SSSR count). The summed E-state index contributed by atoms with van der Waals surface area (Å²) in [5.41, 5.74) is -0.501. The van der Waals surface area contributed by atoms with Crippen LogP contribution >= 0.6 is 0 Å². The lowest BCUT2D eigenvalue weighted by Gasteiger charge is -2.38. The molecule has 2 unspecified atom stereocenters. The highest BCUT2D eigenvalue weighted by Crippen LogP contribution is 2.35. The quantitative estimate of drug-likeness (QED) is 0.629. The molecule has 0 aliphatic rings. The Kier molecular flexibility index (Phi) is 8.89. The Morgan fingerprint density at radius 3 is 1.89 bits per heavy atom. The maximum absolute atomic E-state index is 10.7. The van der Waals surface area contributed by atoms with Crippen LogP contribution < -0.4 is 0 Å². The molecule has 0 bridgehead atoms. The number of rotatable bonds is 10. The molecule has 2 nitrogen and oxygen atoms in total. The van der Waals surface area contributed by atoms with Crippen molar-refractivity contribution in [1.82, 2.24) is 0 Å². The van der Waals surface area contributed by atoms with Gasteiger partial charge in [-0.2, -0.15) is 0 Å². The molecule has 1 N–H and O–H groups in total. The maximum atomic E-state index is 10.7. The molecule has 0 fully saturated rings. The highest BCUT2D eigenvalue weighted by Gasteiger charge is 2.35. The minimum absolute atomic E-state index is 0.356. The lowest BCUT2D eigenvalue weighted by atomic mass is 9.73. The average molecular weight is 258 g/mol. The predicted octanol–water partition coefficient (Wildman–Crippen LogP) is 4.41. The summed E-state index contributed by atoms with van der Waals surface area (Å²) in [5.74, 6) is 0.899. The normalized spacial score (nSPS) is 16.0. The van der Waals surface area contributed by atoms with Gasteiger partial charge in [-0.1, -0.05) is 34.6 Å². The fourth-order valence-corrected chi connectivity index (χ4v) is 3.00. The molecule has 0 spiro atoms. The van der Waals surface area contributed by atoms with E-state index in [1.54, 1.807) is 0 Å². The fraction of sp³-hybridized carbons (Fsp3) is 1.00. The van der Waals surface area contributed by atoms with E-state index in [2.05, 4.69) is 41.5 Å². The van der Waals surface area contributed by atoms with Crippen LogP contribution in [0.1, 0.15) is 73.6 Å². The summed E-state index contributed by atoms with van der Waals surface area (Å²) in [7, 11) is 0. The molecule has 2 atom stereocenters. The van der Waals surface area contributed by atoms with Crippen LogP contribution in [0.15, 0.2) is 0 Å². The molecule has 2 heteroatoms. The summed E-state index contributed by atoms with van der Waals surface area (Å²) in [6.45, 7) is 13.7. The zero-order valence-corrected chi connectivity index (χ0v) is 13.3. The van der Waals surface area contributed by atoms with Crippen molar-refractivity contribution in [2.75, 3.05) is 6.61 Å². The van der Waals surface area contributed by atoms with Crippen molar-refractivity contribution in [2.45, 2.75) is 85.4 Å². The van der Waals surface area contributed by atoms with E-state index in [1.807, 2.05) is 0 Å². The lowest BCUT2D eigenvalue weighted by Crippen LogP contribution is -2.40. The van der Waals surface area contributed by atoms with Crippen LogP contribution in [0.25, 0.3) is 0 Å². The second kappa shape index (κ2) is 8.92. The van der Waals surface area contributed by atoms with Gasteiger partial charge in [0.15, 0.2) is 0 Å². The van der Waals surface area contributed by atoms with Crippen LogP contribution in [0, 0.1) is 11.8 Å². The van der Waals surface area contributed by atoms with Crippen molar-refractivity contribution in [2.24, 2.45) is 11.8 Å². The number of ether oxygens (including phenoxy) is 1. The molecular weight excluding hydrogens is 224 g/mol. The van der Waals surface area contributed by atoms with Crippen LogP contribution in [-0.4, -0.2) is 23.4 Å². The van der Waals surface area contributed by atoms with Gasteiger partial charge in [-0.25, -0.2) is 0 Å². The summed E-state index contributed by atoms with van der Waals surface area (Å²) in [6.07, 6.45) is 5.24. The van der Waals surface area contributed by atoms with E-state index in [1.165, 1.54) is 0 Å². The van der Waals surface area contributed by atoms with Gasteiger partial charge in [0.05, 0.1) is 11.7 Å². The van der Waals surface area contributed by atoms with Crippen molar-refractivity contribution in [3.05, 3.63) is 0 Å². The lowest BCUT2D eigenvalue weighted by molar-refractivity contribution is -0.0543. The van der Waals surface area contributed by atoms with E-state index in [0.717, 1.165) is 38.7 Å². The van der Waals surface area contributed by atoms with Crippen molar-refractivity contribution in [1.29, 1.82) is 0 Å². The number of hydrogen-bond donors (Lipinski definition) is 1. The van der Waals surface area contributed by atoms with Gasteiger partial charge >= 0.3 is 0 Å². The van der Waals surface area contributed by atoms with Gasteiger partial charge in [0, 0.05) is 6.61 Å². The van der Waals surface area contributed by atoms with Gasteiger partial charge in [-0.15, -0.1) is 0 Å². The van der Waals surface area contributed by atoms with E-state index < -0.39 is 5.60 Å². The van der Waals surface area contributed by atoms with Crippen LogP contribution in [0.2, 0.25) is 0 Å². The van der Waals surface area contributed by atoms with Crippen molar-refractivity contribution in [3.63, 3.8) is 0 Å². The van der Waals surface area contributed by atoms with Gasteiger partial charge in [0.1, 0.15) is 0 Å². The molecule has 0 aliphatic carbocycles. The molecule has 0 saturated carbocycles. The molecule has 110 valence electrons. The molecule has 0 aliphatic heterocycles. The van der Waals surface area contributed by atoms with Gasteiger partial charge < -0.3 is 9.84 Å². The minimum atomic E-state index is -0.501. The van der Waals surface area contributed by atoms with E-state index in [9.17, 15) is 5.11 Å². The first kappa shape index (κ1) is 17.9. The van der Waals surface area contributed by atoms with Gasteiger partial charge in [-0.3, -0.25) is 0 Å². The first-order valence-corrected chi connectivity index (χ1v) is 7.78. The predicted molar refractivity (Wildman–Crippen MR) is 78.8 cm³/mol. The SMILES string of the molecule is CCOC(CC)CCC(C(C)C)C(O)(CC)CC. The Balaban J connectivity index is 4.53. The van der Waals surface area contributed by atoms with Crippen LogP contribution in [-0.2, 0) is 4.74 Å². The Bertz CT molecular complexity index is 197. The highest BCUT2D eigenvalue weighted by atomic mass is 16.5. The summed E-state index contributed by atoms with van der Waals surface area (Å²) in [6, 6.07) is 0. The largest absolute Gasteiger partial charge is 0.390 e. The molecule has 0 aromatic heterocycles. The van der Waals surface area contributed by atoms with Crippen molar-refractivity contribution >= 4 is 0 Å². The van der Waals surface area contributed by atoms with E-state index in [0.29, 0.717) is 17.9 Å². The third-order valence-electron chi connectivity index (χ3n) is 4.38. The summed E-state index contributed by atoms with van der Waals surface area (Å²) >= 11 is 0. The van der Waals surface area contributed by atoms with Crippen LogP contribution in [0.5, 0.6) is 0 Å². The molecule has 0 aromatic rings. The van der Waals surface area contributed by atoms with Crippen molar-refractivity contribution < 1.29 is 9.84 Å². The maximum Gasteiger partial charge on any atom is 0.0673 e. The Morgan fingerprint density at radius 2 is 1.56 bits per heavy atom. The number of aliphatic hydroxyl groups is 1. The molecule has 0 amide bonds. The van der Waals surface area contributed by atoms with Crippen LogP contribution in [0.3, 0.4) is 0 Å². The highest BCUT2D eigenvalue weighted by molar-refractivity contribution is 4.86. The number of hydrogen-bond acceptors (Lipinski definition) is 2. The standard InChI is InChI=1S/C16H34O2/c1-7-14(18-10-4)11-12-15(13(5)6)16(17,8-2)9-3/h13-15,17H,7-12H2,1-6H3. The smallest absolute Gasteiger partial charge is 0.0673 e. The molecular formula is C16H34O2. The molecule has 0 heterocycles. The Labute approximate surface area is 114 Å². The van der Waals surface area contributed by atoms with Crippen LogP contribution in [0.4, 0.5) is 0 Å². The van der Waals surface area contributed by atoms with Gasteiger partial charge in [0.25, 0.3) is 0 Å². The Hall–Kier alpha value is -0.0800. The van der Waals surface area contributed by atoms with E-state index in [-0.39, 0.29) is 0 Å². The van der Waals surface area contributed by atoms with Crippen molar-refractivity contribution in [3.8, 4) is 0 Å². The van der Waals surface area contributed by atoms with Gasteiger partial charge in [0.2, 0.25) is 0 Å².